The molecule has 0 spiro atoms. The van der Waals surface area contributed by atoms with Crippen LogP contribution in [0.15, 0.2) is 24.3 Å². The maximum Gasteiger partial charge on any atom is 0.114 e. The zero-order chi connectivity index (χ0) is 15.1. The van der Waals surface area contributed by atoms with E-state index in [4.69, 9.17) is 10.7 Å². The Bertz CT molecular complexity index is 595. The van der Waals surface area contributed by atoms with Crippen LogP contribution in [0.3, 0.4) is 0 Å². The molecule has 3 heteroatoms. The van der Waals surface area contributed by atoms with Gasteiger partial charge in [0.2, 0.25) is 0 Å². The van der Waals surface area contributed by atoms with Gasteiger partial charge in [-0.25, -0.2) is 4.98 Å². The molecular formula is C17H24N2S. The van der Waals surface area contributed by atoms with Crippen LogP contribution in [0.2, 0.25) is 0 Å². The van der Waals surface area contributed by atoms with Crippen molar-refractivity contribution in [3.8, 4) is 11.3 Å². The van der Waals surface area contributed by atoms with E-state index >= 15 is 0 Å². The van der Waals surface area contributed by atoms with Crippen LogP contribution in [0.5, 0.6) is 0 Å². The third kappa shape index (κ3) is 3.04. The molecule has 20 heavy (non-hydrogen) atoms. The average molecular weight is 288 g/mol. The Balaban J connectivity index is 2.40. The second-order valence-corrected chi connectivity index (χ2v) is 8.34. The molecule has 1 heterocycles. The molecule has 0 fully saturated rings. The summed E-state index contributed by atoms with van der Waals surface area (Å²) in [6.07, 6.45) is 0. The zero-order valence-electron chi connectivity index (χ0n) is 13.2. The maximum absolute atomic E-state index is 6.15. The van der Waals surface area contributed by atoms with Crippen molar-refractivity contribution in [3.63, 3.8) is 0 Å². The Morgan fingerprint density at radius 2 is 1.45 bits per heavy atom. The Hall–Kier alpha value is -1.35. The third-order valence-electron chi connectivity index (χ3n) is 3.32. The highest BCUT2D eigenvalue weighted by Crippen LogP contribution is 2.36. The molecule has 2 N–H and O–H groups in total. The van der Waals surface area contributed by atoms with Crippen molar-refractivity contribution in [3.05, 3.63) is 34.8 Å². The van der Waals surface area contributed by atoms with Crippen LogP contribution in [0.25, 0.3) is 11.3 Å². The first kappa shape index (κ1) is 15.0. The predicted octanol–water partition coefficient (Wildman–Crippen LogP) is 4.99. The number of anilines is 1. The number of nitrogens with zero attached hydrogens (tertiary/aromatic N) is 1. The van der Waals surface area contributed by atoms with E-state index in [0.717, 1.165) is 21.3 Å². The number of nitrogen functional groups attached to an aromatic ring is 1. The fourth-order valence-corrected chi connectivity index (χ4v) is 2.90. The van der Waals surface area contributed by atoms with Crippen LogP contribution in [-0.4, -0.2) is 4.98 Å². The van der Waals surface area contributed by atoms with Gasteiger partial charge >= 0.3 is 0 Å². The summed E-state index contributed by atoms with van der Waals surface area (Å²) in [5.41, 5.74) is 9.70. The van der Waals surface area contributed by atoms with Gasteiger partial charge in [-0.05, 0) is 11.0 Å². The van der Waals surface area contributed by atoms with E-state index in [0.29, 0.717) is 0 Å². The normalized spacial score (nSPS) is 12.7. The molecule has 1 aromatic heterocycles. The molecular weight excluding hydrogens is 264 g/mol. The van der Waals surface area contributed by atoms with E-state index in [-0.39, 0.29) is 10.8 Å². The summed E-state index contributed by atoms with van der Waals surface area (Å²) < 4.78 is 0. The van der Waals surface area contributed by atoms with Crippen molar-refractivity contribution in [2.24, 2.45) is 0 Å². The highest BCUT2D eigenvalue weighted by molar-refractivity contribution is 7.16. The lowest BCUT2D eigenvalue weighted by Gasteiger charge is -2.19. The molecule has 0 bridgehead atoms. The molecule has 0 saturated heterocycles. The van der Waals surface area contributed by atoms with Gasteiger partial charge in [0.25, 0.3) is 0 Å². The number of benzene rings is 1. The van der Waals surface area contributed by atoms with Gasteiger partial charge in [0.05, 0.1) is 0 Å². The minimum atomic E-state index is 0.0440. The quantitative estimate of drug-likeness (QED) is 0.803. The maximum atomic E-state index is 6.15. The Labute approximate surface area is 126 Å². The standard InChI is InChI=1S/C17H24N2S/c1-16(2,3)12-9-7-11(8-10-12)13-14(18)20-15(19-13)17(4,5)6/h7-10H,18H2,1-6H3. The molecule has 0 saturated carbocycles. The highest BCUT2D eigenvalue weighted by atomic mass is 32.1. The molecule has 0 aliphatic carbocycles. The first-order valence-electron chi connectivity index (χ1n) is 6.97. The molecule has 0 atom stereocenters. The SMILES string of the molecule is CC(C)(C)c1ccc(-c2nc(C(C)(C)C)sc2N)cc1. The minimum absolute atomic E-state index is 0.0440. The van der Waals surface area contributed by atoms with E-state index in [1.807, 2.05) is 0 Å². The third-order valence-corrected chi connectivity index (χ3v) is 4.63. The average Bonchev–Trinajstić information content (AvgIpc) is 2.70. The molecule has 0 aliphatic heterocycles. The molecule has 0 aliphatic rings. The second-order valence-electron chi connectivity index (χ2n) is 7.31. The second kappa shape index (κ2) is 4.88. The molecule has 0 radical (unpaired) electrons. The van der Waals surface area contributed by atoms with Crippen LogP contribution in [0.4, 0.5) is 5.00 Å². The fourth-order valence-electron chi connectivity index (χ4n) is 1.99. The summed E-state index contributed by atoms with van der Waals surface area (Å²) in [5.74, 6) is 0. The van der Waals surface area contributed by atoms with Crippen molar-refractivity contribution in [2.45, 2.75) is 52.4 Å². The van der Waals surface area contributed by atoms with Crippen LogP contribution in [0.1, 0.15) is 52.1 Å². The van der Waals surface area contributed by atoms with Gasteiger partial charge in [-0.15, -0.1) is 11.3 Å². The summed E-state index contributed by atoms with van der Waals surface area (Å²) >= 11 is 1.59. The minimum Gasteiger partial charge on any atom is -0.389 e. The van der Waals surface area contributed by atoms with Crippen molar-refractivity contribution in [1.82, 2.24) is 4.98 Å². The number of rotatable bonds is 1. The molecule has 2 nitrogen and oxygen atoms in total. The Kier molecular flexibility index (Phi) is 3.67. The van der Waals surface area contributed by atoms with E-state index in [2.05, 4.69) is 65.8 Å². The zero-order valence-corrected chi connectivity index (χ0v) is 14.1. The summed E-state index contributed by atoms with van der Waals surface area (Å²) in [6, 6.07) is 8.59. The van der Waals surface area contributed by atoms with Gasteiger partial charge in [0.15, 0.2) is 0 Å². The van der Waals surface area contributed by atoms with Crippen molar-refractivity contribution in [2.75, 3.05) is 5.73 Å². The van der Waals surface area contributed by atoms with E-state index < -0.39 is 0 Å². The number of aromatic nitrogens is 1. The summed E-state index contributed by atoms with van der Waals surface area (Å²) in [7, 11) is 0. The first-order valence-corrected chi connectivity index (χ1v) is 7.78. The lowest BCUT2D eigenvalue weighted by molar-refractivity contribution is 0.586. The van der Waals surface area contributed by atoms with Crippen molar-refractivity contribution < 1.29 is 0 Å². The monoisotopic (exact) mass is 288 g/mol. The summed E-state index contributed by atoms with van der Waals surface area (Å²) in [6.45, 7) is 13.2. The number of hydrogen-bond donors (Lipinski definition) is 1. The van der Waals surface area contributed by atoms with E-state index in [1.165, 1.54) is 5.56 Å². The van der Waals surface area contributed by atoms with Gasteiger partial charge < -0.3 is 5.73 Å². The van der Waals surface area contributed by atoms with Crippen LogP contribution < -0.4 is 5.73 Å². The lowest BCUT2D eigenvalue weighted by Crippen LogP contribution is -2.10. The molecule has 2 rings (SSSR count). The highest BCUT2D eigenvalue weighted by Gasteiger charge is 2.21. The molecule has 0 unspecified atom stereocenters. The van der Waals surface area contributed by atoms with Gasteiger partial charge in [-0.2, -0.15) is 0 Å². The fraction of sp³-hybridized carbons (Fsp3) is 0.471. The van der Waals surface area contributed by atoms with Gasteiger partial charge in [-0.3, -0.25) is 0 Å². The largest absolute Gasteiger partial charge is 0.389 e. The Morgan fingerprint density at radius 3 is 1.85 bits per heavy atom. The van der Waals surface area contributed by atoms with Gasteiger partial charge in [0.1, 0.15) is 15.7 Å². The van der Waals surface area contributed by atoms with Crippen LogP contribution in [-0.2, 0) is 10.8 Å². The molecule has 2 aromatic rings. The van der Waals surface area contributed by atoms with E-state index in [9.17, 15) is 0 Å². The number of nitrogens with two attached hydrogens (primary N) is 1. The van der Waals surface area contributed by atoms with Crippen LogP contribution >= 0.6 is 11.3 Å². The number of thiazole rings is 1. The van der Waals surface area contributed by atoms with Crippen LogP contribution in [0, 0.1) is 0 Å². The van der Waals surface area contributed by atoms with Gasteiger partial charge in [-0.1, -0.05) is 65.8 Å². The number of hydrogen-bond acceptors (Lipinski definition) is 3. The topological polar surface area (TPSA) is 38.9 Å². The summed E-state index contributed by atoms with van der Waals surface area (Å²) in [4.78, 5) is 4.74. The summed E-state index contributed by atoms with van der Waals surface area (Å²) in [5, 5.41) is 1.89. The molecule has 0 amide bonds. The lowest BCUT2D eigenvalue weighted by atomic mass is 9.86. The molecule has 1 aromatic carbocycles. The molecule has 108 valence electrons. The predicted molar refractivity (Wildman–Crippen MR) is 89.4 cm³/mol. The first-order chi connectivity index (χ1) is 9.09. The van der Waals surface area contributed by atoms with Crippen molar-refractivity contribution in [1.29, 1.82) is 0 Å². The van der Waals surface area contributed by atoms with Crippen molar-refractivity contribution >= 4 is 16.3 Å². The van der Waals surface area contributed by atoms with Gasteiger partial charge in [0, 0.05) is 11.0 Å². The van der Waals surface area contributed by atoms with E-state index in [1.54, 1.807) is 11.3 Å². The Morgan fingerprint density at radius 1 is 0.900 bits per heavy atom. The smallest absolute Gasteiger partial charge is 0.114 e.